The molecule has 0 aliphatic carbocycles. The van der Waals surface area contributed by atoms with E-state index in [2.05, 4.69) is 20.6 Å². The quantitative estimate of drug-likeness (QED) is 0.279. The molecule has 2 heterocycles. The van der Waals surface area contributed by atoms with E-state index in [1.165, 1.54) is 0 Å². The zero-order chi connectivity index (χ0) is 25.9. The first kappa shape index (κ1) is 27.0. The van der Waals surface area contributed by atoms with Crippen molar-refractivity contribution >= 4 is 28.5 Å². The molecular formula is C27H37N5O4. The van der Waals surface area contributed by atoms with Crippen molar-refractivity contribution < 1.29 is 19.1 Å². The third kappa shape index (κ3) is 7.96. The van der Waals surface area contributed by atoms with Gasteiger partial charge in [-0.15, -0.1) is 0 Å². The van der Waals surface area contributed by atoms with Crippen molar-refractivity contribution in [1.29, 1.82) is 0 Å². The van der Waals surface area contributed by atoms with Crippen LogP contribution in [0.25, 0.3) is 10.9 Å². The number of amides is 2. The summed E-state index contributed by atoms with van der Waals surface area (Å²) in [5.41, 5.74) is 2.74. The number of methoxy groups -OCH3 is 1. The molecule has 0 saturated heterocycles. The number of ether oxygens (including phenoxy) is 1. The van der Waals surface area contributed by atoms with Gasteiger partial charge in [-0.05, 0) is 56.9 Å². The van der Waals surface area contributed by atoms with E-state index in [0.717, 1.165) is 60.1 Å². The Labute approximate surface area is 212 Å². The number of hydrogen-bond acceptors (Lipinski definition) is 5. The van der Waals surface area contributed by atoms with E-state index < -0.39 is 6.04 Å². The third-order valence-electron chi connectivity index (χ3n) is 6.29. The number of fused-ring (bicyclic) bond motifs is 1. The Morgan fingerprint density at radius 2 is 2.00 bits per heavy atom. The Hall–Kier alpha value is -3.62. The lowest BCUT2D eigenvalue weighted by Gasteiger charge is -2.19. The molecule has 2 amide bonds. The average molecular weight is 496 g/mol. The topological polar surface area (TPSA) is 118 Å². The standard InChI is InChI=1S/C27H37N5O4/c1-19(33)8-5-4-6-9-25(27(35)29-12-7-14-32-15-13-28-18-32)31-26(34)17-22-20(2)30-24-11-10-21(36-3)16-23(22)24/h10-11,13,15-16,18,25,30H,4-9,12,14,17H2,1-3H3,(H,29,35)(H,31,34)/t25-/m0/s1. The number of unbranched alkanes of at least 4 members (excludes halogenated alkanes) is 2. The smallest absolute Gasteiger partial charge is 0.242 e. The Kier molecular flexibility index (Phi) is 10.1. The fraction of sp³-hybridized carbons (Fsp3) is 0.481. The minimum Gasteiger partial charge on any atom is -0.497 e. The van der Waals surface area contributed by atoms with Gasteiger partial charge in [0.2, 0.25) is 11.8 Å². The van der Waals surface area contributed by atoms with Gasteiger partial charge in [-0.1, -0.05) is 12.8 Å². The van der Waals surface area contributed by atoms with E-state index in [9.17, 15) is 14.4 Å². The third-order valence-corrected chi connectivity index (χ3v) is 6.29. The molecule has 1 atom stereocenters. The zero-order valence-electron chi connectivity index (χ0n) is 21.4. The molecule has 36 heavy (non-hydrogen) atoms. The van der Waals surface area contributed by atoms with Crippen LogP contribution in [0, 0.1) is 6.92 Å². The van der Waals surface area contributed by atoms with Gasteiger partial charge in [0.05, 0.1) is 19.9 Å². The Bertz CT molecular complexity index is 1150. The van der Waals surface area contributed by atoms with Crippen LogP contribution in [0.15, 0.2) is 36.9 Å². The number of aromatic amines is 1. The molecule has 0 fully saturated rings. The van der Waals surface area contributed by atoms with Gasteiger partial charge in [0.15, 0.2) is 0 Å². The summed E-state index contributed by atoms with van der Waals surface area (Å²) in [4.78, 5) is 44.5. The number of ketones is 1. The molecule has 0 radical (unpaired) electrons. The number of rotatable bonds is 15. The highest BCUT2D eigenvalue weighted by Crippen LogP contribution is 2.26. The van der Waals surface area contributed by atoms with E-state index in [4.69, 9.17) is 4.74 Å². The maximum Gasteiger partial charge on any atom is 0.242 e. The average Bonchev–Trinajstić information content (AvgIpc) is 3.48. The van der Waals surface area contributed by atoms with Gasteiger partial charge in [-0.2, -0.15) is 0 Å². The van der Waals surface area contributed by atoms with Gasteiger partial charge < -0.3 is 29.7 Å². The number of benzene rings is 1. The maximum absolute atomic E-state index is 13.0. The first-order valence-electron chi connectivity index (χ1n) is 12.5. The molecule has 3 rings (SSSR count). The van der Waals surface area contributed by atoms with Gasteiger partial charge in [0.25, 0.3) is 0 Å². The fourth-order valence-electron chi connectivity index (χ4n) is 4.31. The van der Waals surface area contributed by atoms with E-state index in [0.29, 0.717) is 19.4 Å². The van der Waals surface area contributed by atoms with E-state index in [1.807, 2.05) is 35.9 Å². The number of Topliss-reactive ketones (excluding diaryl/α,β-unsaturated/α-hetero) is 1. The van der Waals surface area contributed by atoms with Crippen LogP contribution in [0.4, 0.5) is 0 Å². The summed E-state index contributed by atoms with van der Waals surface area (Å²) in [5, 5.41) is 6.85. The summed E-state index contributed by atoms with van der Waals surface area (Å²) < 4.78 is 7.30. The monoisotopic (exact) mass is 495 g/mol. The van der Waals surface area contributed by atoms with Crippen molar-refractivity contribution in [1.82, 2.24) is 25.2 Å². The van der Waals surface area contributed by atoms with Crippen LogP contribution in [0.5, 0.6) is 5.75 Å². The van der Waals surface area contributed by atoms with Gasteiger partial charge >= 0.3 is 0 Å². The highest BCUT2D eigenvalue weighted by molar-refractivity contribution is 5.93. The molecule has 1 aromatic carbocycles. The van der Waals surface area contributed by atoms with Crippen molar-refractivity contribution in [2.24, 2.45) is 0 Å². The molecule has 9 nitrogen and oxygen atoms in total. The second-order valence-electron chi connectivity index (χ2n) is 9.18. The molecule has 9 heteroatoms. The number of hydrogen-bond donors (Lipinski definition) is 3. The van der Waals surface area contributed by atoms with Gasteiger partial charge in [0, 0.05) is 48.5 Å². The van der Waals surface area contributed by atoms with Gasteiger partial charge in [-0.3, -0.25) is 9.59 Å². The lowest BCUT2D eigenvalue weighted by molar-refractivity contribution is -0.128. The first-order valence-corrected chi connectivity index (χ1v) is 12.5. The normalized spacial score (nSPS) is 11.9. The number of nitrogens with zero attached hydrogens (tertiary/aromatic N) is 2. The molecule has 3 aromatic rings. The van der Waals surface area contributed by atoms with Gasteiger partial charge in [0.1, 0.15) is 17.6 Å². The molecule has 2 aromatic heterocycles. The largest absolute Gasteiger partial charge is 0.497 e. The Morgan fingerprint density at radius 3 is 2.72 bits per heavy atom. The summed E-state index contributed by atoms with van der Waals surface area (Å²) in [6, 6.07) is 5.11. The second-order valence-corrected chi connectivity index (χ2v) is 9.18. The maximum atomic E-state index is 13.0. The van der Waals surface area contributed by atoms with Crippen LogP contribution in [0.2, 0.25) is 0 Å². The second kappa shape index (κ2) is 13.5. The fourth-order valence-corrected chi connectivity index (χ4v) is 4.31. The Balaban J connectivity index is 1.60. The molecule has 0 bridgehead atoms. The van der Waals surface area contributed by atoms with Crippen LogP contribution in [-0.2, 0) is 27.3 Å². The first-order chi connectivity index (χ1) is 17.4. The van der Waals surface area contributed by atoms with Crippen LogP contribution in [0.1, 0.15) is 56.7 Å². The highest BCUT2D eigenvalue weighted by atomic mass is 16.5. The van der Waals surface area contributed by atoms with Crippen molar-refractivity contribution in [3.63, 3.8) is 0 Å². The van der Waals surface area contributed by atoms with Crippen molar-refractivity contribution in [2.45, 2.75) is 71.4 Å². The van der Waals surface area contributed by atoms with Crippen molar-refractivity contribution in [3.05, 3.63) is 48.2 Å². The molecule has 0 aliphatic rings. The van der Waals surface area contributed by atoms with Crippen molar-refractivity contribution in [2.75, 3.05) is 13.7 Å². The number of H-pyrrole nitrogens is 1. The number of aryl methyl sites for hydroxylation is 2. The van der Waals surface area contributed by atoms with Crippen LogP contribution < -0.4 is 15.4 Å². The molecule has 0 spiro atoms. The van der Waals surface area contributed by atoms with Gasteiger partial charge in [-0.25, -0.2) is 4.98 Å². The minimum absolute atomic E-state index is 0.160. The molecule has 0 aliphatic heterocycles. The lowest BCUT2D eigenvalue weighted by Crippen LogP contribution is -2.47. The predicted octanol–water partition coefficient (Wildman–Crippen LogP) is 3.45. The summed E-state index contributed by atoms with van der Waals surface area (Å²) in [6.07, 6.45) is 9.72. The van der Waals surface area contributed by atoms with Crippen LogP contribution in [0.3, 0.4) is 0 Å². The number of imidazole rings is 1. The molecule has 0 saturated carbocycles. The van der Waals surface area contributed by atoms with Crippen LogP contribution in [-0.4, -0.2) is 51.8 Å². The van der Waals surface area contributed by atoms with Crippen LogP contribution >= 0.6 is 0 Å². The summed E-state index contributed by atoms with van der Waals surface area (Å²) >= 11 is 0. The predicted molar refractivity (Wildman–Crippen MR) is 139 cm³/mol. The summed E-state index contributed by atoms with van der Waals surface area (Å²) in [5.74, 6) is 0.505. The number of carbonyl (C=O) groups is 3. The molecule has 194 valence electrons. The molecule has 0 unspecified atom stereocenters. The highest BCUT2D eigenvalue weighted by Gasteiger charge is 2.22. The summed E-state index contributed by atoms with van der Waals surface area (Å²) in [6.45, 7) is 4.79. The van der Waals surface area contributed by atoms with E-state index in [-0.39, 0.29) is 24.0 Å². The van der Waals surface area contributed by atoms with E-state index >= 15 is 0 Å². The zero-order valence-corrected chi connectivity index (χ0v) is 21.4. The van der Waals surface area contributed by atoms with Crippen molar-refractivity contribution in [3.8, 4) is 5.75 Å². The SMILES string of the molecule is COc1ccc2[nH]c(C)c(CC(=O)N[C@@H](CCCCCC(C)=O)C(=O)NCCCn3ccnc3)c2c1. The lowest BCUT2D eigenvalue weighted by atomic mass is 10.0. The number of carbonyl (C=O) groups excluding carboxylic acids is 3. The molecular weight excluding hydrogens is 458 g/mol. The Morgan fingerprint density at radius 1 is 1.17 bits per heavy atom. The summed E-state index contributed by atoms with van der Waals surface area (Å²) in [7, 11) is 1.61. The van der Waals surface area contributed by atoms with E-state index in [1.54, 1.807) is 26.6 Å². The minimum atomic E-state index is -0.622. The number of aromatic nitrogens is 3. The molecule has 3 N–H and O–H groups in total. The number of nitrogens with one attached hydrogen (secondary N) is 3.